The summed E-state index contributed by atoms with van der Waals surface area (Å²) < 4.78 is 0. The summed E-state index contributed by atoms with van der Waals surface area (Å²) in [6, 6.07) is 10.8. The fourth-order valence-corrected chi connectivity index (χ4v) is 2.21. The van der Waals surface area contributed by atoms with Crippen LogP contribution in [0.4, 0.5) is 0 Å². The van der Waals surface area contributed by atoms with Crippen LogP contribution in [0.2, 0.25) is 0 Å². The molecular weight excluding hydrogens is 200 g/mol. The topological polar surface area (TPSA) is 35.5 Å². The van der Waals surface area contributed by atoms with Crippen LogP contribution >= 0.6 is 0 Å². The van der Waals surface area contributed by atoms with E-state index in [9.17, 15) is 5.11 Å². The van der Waals surface area contributed by atoms with Crippen molar-refractivity contribution >= 4 is 0 Å². The summed E-state index contributed by atoms with van der Waals surface area (Å²) in [6.07, 6.45) is -0.256. The second-order valence-corrected chi connectivity index (χ2v) is 4.44. The molecule has 2 atom stereocenters. The third-order valence-corrected chi connectivity index (χ3v) is 3.23. The minimum atomic E-state index is -0.256. The minimum absolute atomic E-state index is 0.256. The third-order valence-electron chi connectivity index (χ3n) is 3.23. The maximum atomic E-state index is 9.75. The number of β-amino-alcohol motifs (C(OH)–C–C–N with tert-alkyl or cyclic N) is 1. The first-order chi connectivity index (χ1) is 7.77. The van der Waals surface area contributed by atoms with Crippen LogP contribution in [0.5, 0.6) is 0 Å². The molecular formula is C13H20N2O. The molecule has 1 heterocycles. The molecule has 1 aromatic rings. The molecule has 3 heteroatoms. The molecule has 1 saturated heterocycles. The molecule has 0 amide bonds. The lowest BCUT2D eigenvalue weighted by atomic mass is 10.1. The van der Waals surface area contributed by atoms with Crippen molar-refractivity contribution < 1.29 is 5.11 Å². The molecule has 0 spiro atoms. The van der Waals surface area contributed by atoms with Crippen molar-refractivity contribution in [3.8, 4) is 0 Å². The standard InChI is InChI=1S/C13H20N2O/c1-11(12-5-3-2-4-6-12)15-8-7-14-9-13(16)10-15/h2-6,11,13-14,16H,7-10H2,1H3. The van der Waals surface area contributed by atoms with Crippen LogP contribution < -0.4 is 5.32 Å². The van der Waals surface area contributed by atoms with Gasteiger partial charge in [0.25, 0.3) is 0 Å². The highest BCUT2D eigenvalue weighted by Gasteiger charge is 2.20. The van der Waals surface area contributed by atoms with E-state index in [1.165, 1.54) is 5.56 Å². The molecule has 16 heavy (non-hydrogen) atoms. The average Bonchev–Trinajstić information content (AvgIpc) is 2.54. The average molecular weight is 220 g/mol. The van der Waals surface area contributed by atoms with E-state index in [0.29, 0.717) is 12.6 Å². The van der Waals surface area contributed by atoms with E-state index in [4.69, 9.17) is 0 Å². The van der Waals surface area contributed by atoms with E-state index in [1.54, 1.807) is 0 Å². The summed E-state index contributed by atoms with van der Waals surface area (Å²) >= 11 is 0. The van der Waals surface area contributed by atoms with E-state index in [1.807, 2.05) is 6.07 Å². The number of nitrogens with zero attached hydrogens (tertiary/aromatic N) is 1. The number of aliphatic hydroxyl groups is 1. The van der Waals surface area contributed by atoms with Crippen molar-refractivity contribution in [2.45, 2.75) is 19.1 Å². The van der Waals surface area contributed by atoms with Crippen LogP contribution in [0, 0.1) is 0 Å². The Morgan fingerprint density at radius 3 is 2.88 bits per heavy atom. The molecule has 0 aromatic heterocycles. The molecule has 0 saturated carbocycles. The van der Waals surface area contributed by atoms with Crippen LogP contribution in [0.3, 0.4) is 0 Å². The second kappa shape index (κ2) is 5.43. The van der Waals surface area contributed by atoms with Gasteiger partial charge in [0.2, 0.25) is 0 Å². The highest BCUT2D eigenvalue weighted by atomic mass is 16.3. The monoisotopic (exact) mass is 220 g/mol. The number of hydrogen-bond donors (Lipinski definition) is 2. The zero-order valence-corrected chi connectivity index (χ0v) is 9.76. The molecule has 2 N–H and O–H groups in total. The Morgan fingerprint density at radius 1 is 1.38 bits per heavy atom. The van der Waals surface area contributed by atoms with Gasteiger partial charge in [-0.3, -0.25) is 4.90 Å². The van der Waals surface area contributed by atoms with Crippen molar-refractivity contribution in [1.82, 2.24) is 10.2 Å². The predicted molar refractivity (Wildman–Crippen MR) is 65.3 cm³/mol. The molecule has 0 radical (unpaired) electrons. The van der Waals surface area contributed by atoms with Crippen molar-refractivity contribution in [3.63, 3.8) is 0 Å². The van der Waals surface area contributed by atoms with Gasteiger partial charge in [-0.25, -0.2) is 0 Å². The highest BCUT2D eigenvalue weighted by Crippen LogP contribution is 2.20. The van der Waals surface area contributed by atoms with Gasteiger partial charge in [0.05, 0.1) is 6.10 Å². The van der Waals surface area contributed by atoms with E-state index in [-0.39, 0.29) is 6.10 Å². The van der Waals surface area contributed by atoms with E-state index in [0.717, 1.165) is 19.6 Å². The van der Waals surface area contributed by atoms with Crippen molar-refractivity contribution in [2.24, 2.45) is 0 Å². The molecule has 0 aliphatic carbocycles. The van der Waals surface area contributed by atoms with Gasteiger partial charge in [-0.05, 0) is 12.5 Å². The molecule has 1 aromatic carbocycles. The zero-order chi connectivity index (χ0) is 11.4. The molecule has 2 unspecified atom stereocenters. The molecule has 3 nitrogen and oxygen atoms in total. The normalized spacial score (nSPS) is 25.0. The van der Waals surface area contributed by atoms with Crippen LogP contribution in [0.15, 0.2) is 30.3 Å². The fourth-order valence-electron chi connectivity index (χ4n) is 2.21. The Hall–Kier alpha value is -0.900. The largest absolute Gasteiger partial charge is 0.390 e. The lowest BCUT2D eigenvalue weighted by Gasteiger charge is -2.28. The van der Waals surface area contributed by atoms with Crippen LogP contribution in [-0.4, -0.2) is 42.3 Å². The van der Waals surface area contributed by atoms with E-state index < -0.39 is 0 Å². The van der Waals surface area contributed by atoms with Gasteiger partial charge >= 0.3 is 0 Å². The van der Waals surface area contributed by atoms with Gasteiger partial charge in [-0.2, -0.15) is 0 Å². The maximum absolute atomic E-state index is 9.75. The lowest BCUT2D eigenvalue weighted by molar-refractivity contribution is 0.110. The Kier molecular flexibility index (Phi) is 3.93. The van der Waals surface area contributed by atoms with Crippen molar-refractivity contribution in [3.05, 3.63) is 35.9 Å². The third kappa shape index (κ3) is 2.82. The summed E-state index contributed by atoms with van der Waals surface area (Å²) in [5.41, 5.74) is 1.32. The summed E-state index contributed by atoms with van der Waals surface area (Å²) in [5, 5.41) is 13.0. The number of rotatable bonds is 2. The first-order valence-corrected chi connectivity index (χ1v) is 5.95. The first-order valence-electron chi connectivity index (χ1n) is 5.95. The smallest absolute Gasteiger partial charge is 0.0791 e. The van der Waals surface area contributed by atoms with Gasteiger partial charge in [-0.15, -0.1) is 0 Å². The number of benzene rings is 1. The maximum Gasteiger partial charge on any atom is 0.0791 e. The van der Waals surface area contributed by atoms with Gasteiger partial charge in [0.1, 0.15) is 0 Å². The summed E-state index contributed by atoms with van der Waals surface area (Å²) in [5.74, 6) is 0. The first kappa shape index (κ1) is 11.6. The van der Waals surface area contributed by atoms with E-state index >= 15 is 0 Å². The lowest BCUT2D eigenvalue weighted by Crippen LogP contribution is -2.34. The quantitative estimate of drug-likeness (QED) is 0.781. The highest BCUT2D eigenvalue weighted by molar-refractivity contribution is 5.18. The number of nitrogens with one attached hydrogen (secondary N) is 1. The summed E-state index contributed by atoms with van der Waals surface area (Å²) in [6.45, 7) is 5.61. The van der Waals surface area contributed by atoms with Crippen LogP contribution in [-0.2, 0) is 0 Å². The van der Waals surface area contributed by atoms with E-state index in [2.05, 4.69) is 41.4 Å². The van der Waals surface area contributed by atoms with Crippen LogP contribution in [0.1, 0.15) is 18.5 Å². The molecule has 88 valence electrons. The second-order valence-electron chi connectivity index (χ2n) is 4.44. The van der Waals surface area contributed by atoms with Crippen molar-refractivity contribution in [2.75, 3.05) is 26.2 Å². The van der Waals surface area contributed by atoms with Gasteiger partial charge in [0.15, 0.2) is 0 Å². The molecule has 0 bridgehead atoms. The Morgan fingerprint density at radius 2 is 2.12 bits per heavy atom. The van der Waals surface area contributed by atoms with Gasteiger partial charge in [-0.1, -0.05) is 30.3 Å². The minimum Gasteiger partial charge on any atom is -0.390 e. The number of aliphatic hydroxyl groups excluding tert-OH is 1. The van der Waals surface area contributed by atoms with Gasteiger partial charge < -0.3 is 10.4 Å². The SMILES string of the molecule is CC(c1ccccc1)N1CCNCC(O)C1. The Bertz CT molecular complexity index is 315. The fraction of sp³-hybridized carbons (Fsp3) is 0.538. The summed E-state index contributed by atoms with van der Waals surface area (Å²) in [7, 11) is 0. The Balaban J connectivity index is 2.05. The van der Waals surface area contributed by atoms with Crippen molar-refractivity contribution in [1.29, 1.82) is 0 Å². The summed E-state index contributed by atoms with van der Waals surface area (Å²) in [4.78, 5) is 2.33. The molecule has 1 aliphatic rings. The molecule has 2 rings (SSSR count). The molecule has 1 aliphatic heterocycles. The number of hydrogen-bond acceptors (Lipinski definition) is 3. The molecule has 1 fully saturated rings. The Labute approximate surface area is 97.1 Å². The zero-order valence-electron chi connectivity index (χ0n) is 9.76. The van der Waals surface area contributed by atoms with Crippen LogP contribution in [0.25, 0.3) is 0 Å². The van der Waals surface area contributed by atoms with Gasteiger partial charge in [0, 0.05) is 32.2 Å². The predicted octanol–water partition coefficient (Wildman–Crippen LogP) is 1.01.